The van der Waals surface area contributed by atoms with Crippen molar-refractivity contribution in [2.24, 2.45) is 0 Å². The monoisotopic (exact) mass is 377 g/mol. The van der Waals surface area contributed by atoms with Gasteiger partial charge in [-0.15, -0.1) is 0 Å². The highest BCUT2D eigenvalue weighted by Crippen LogP contribution is 2.23. The molecule has 0 fully saturated rings. The Morgan fingerprint density at radius 2 is 1.85 bits per heavy atom. The fourth-order valence-corrected chi connectivity index (χ4v) is 2.88. The molecule has 4 rings (SSSR count). The largest absolute Gasteiger partial charge is 0.441 e. The number of hydrogen-bond acceptors (Lipinski definition) is 4. The van der Waals surface area contributed by atoms with E-state index in [0.29, 0.717) is 28.8 Å². The summed E-state index contributed by atoms with van der Waals surface area (Å²) >= 11 is 5.89. The quantitative estimate of drug-likeness (QED) is 0.524. The Bertz CT molecular complexity index is 1090. The fraction of sp³-hybridized carbons (Fsp3) is 0.0952. The van der Waals surface area contributed by atoms with Crippen LogP contribution in [0.25, 0.3) is 22.2 Å². The molecule has 0 unspecified atom stereocenters. The van der Waals surface area contributed by atoms with Crippen LogP contribution in [0.15, 0.2) is 71.4 Å². The van der Waals surface area contributed by atoms with E-state index in [0.717, 1.165) is 16.5 Å². The minimum absolute atomic E-state index is 0.113. The number of carbonyl (C=O) groups is 1. The van der Waals surface area contributed by atoms with Gasteiger partial charge in [0.15, 0.2) is 11.7 Å². The topological polar surface area (TPSA) is 68.0 Å². The maximum atomic E-state index is 12.2. The number of benzene rings is 2. The third kappa shape index (κ3) is 4.15. The van der Waals surface area contributed by atoms with Crippen LogP contribution >= 0.6 is 11.6 Å². The molecule has 2 aromatic heterocycles. The van der Waals surface area contributed by atoms with Crippen LogP contribution in [0.2, 0.25) is 5.02 Å². The number of anilines is 1. The van der Waals surface area contributed by atoms with Crippen molar-refractivity contribution in [3.8, 4) is 11.3 Å². The number of oxazole rings is 1. The van der Waals surface area contributed by atoms with Gasteiger partial charge in [0, 0.05) is 28.8 Å². The maximum Gasteiger partial charge on any atom is 0.224 e. The van der Waals surface area contributed by atoms with Gasteiger partial charge in [-0.3, -0.25) is 9.78 Å². The Kier molecular flexibility index (Phi) is 4.85. The van der Waals surface area contributed by atoms with Crippen molar-refractivity contribution in [3.63, 3.8) is 0 Å². The molecular weight excluding hydrogens is 362 g/mol. The number of aromatic nitrogens is 2. The first-order chi connectivity index (χ1) is 13.2. The number of aryl methyl sites for hydroxylation is 1. The Morgan fingerprint density at radius 3 is 2.70 bits per heavy atom. The highest BCUT2D eigenvalue weighted by molar-refractivity contribution is 6.30. The molecule has 2 heterocycles. The second-order valence-corrected chi connectivity index (χ2v) is 6.53. The molecule has 0 atom stereocenters. The molecule has 0 radical (unpaired) electrons. The minimum atomic E-state index is -0.113. The number of hydrogen-bond donors (Lipinski definition) is 1. The summed E-state index contributed by atoms with van der Waals surface area (Å²) in [6.07, 6.45) is 4.00. The van der Waals surface area contributed by atoms with Gasteiger partial charge in [0.05, 0.1) is 23.6 Å². The molecule has 1 amide bonds. The molecule has 2 aromatic carbocycles. The smallest absolute Gasteiger partial charge is 0.224 e. The number of pyridine rings is 1. The molecule has 0 saturated heterocycles. The highest BCUT2D eigenvalue weighted by Gasteiger charge is 2.10. The Balaban J connectivity index is 1.37. The van der Waals surface area contributed by atoms with Crippen molar-refractivity contribution in [2.45, 2.75) is 12.8 Å². The molecule has 134 valence electrons. The van der Waals surface area contributed by atoms with Crippen LogP contribution in [-0.4, -0.2) is 15.9 Å². The third-order valence-corrected chi connectivity index (χ3v) is 4.37. The predicted molar refractivity (Wildman–Crippen MR) is 106 cm³/mol. The molecule has 0 bridgehead atoms. The third-order valence-electron chi connectivity index (χ3n) is 4.12. The standard InChI is InChI=1S/C21H16ClN3O2/c22-16-7-5-14(6-8-16)19-13-24-21(27-19)10-9-20(26)25-17-11-15-3-1-2-4-18(15)23-12-17/h1-8,11-13H,9-10H2,(H,25,26). The zero-order valence-corrected chi connectivity index (χ0v) is 15.1. The lowest BCUT2D eigenvalue weighted by atomic mass is 10.2. The lowest BCUT2D eigenvalue weighted by Crippen LogP contribution is -2.12. The van der Waals surface area contributed by atoms with E-state index in [9.17, 15) is 4.79 Å². The van der Waals surface area contributed by atoms with Crippen molar-refractivity contribution in [2.75, 3.05) is 5.32 Å². The molecule has 0 aliphatic rings. The molecule has 1 N–H and O–H groups in total. The lowest BCUT2D eigenvalue weighted by molar-refractivity contribution is -0.116. The van der Waals surface area contributed by atoms with Gasteiger partial charge >= 0.3 is 0 Å². The fourth-order valence-electron chi connectivity index (χ4n) is 2.76. The average molecular weight is 378 g/mol. The number of amides is 1. The Hall–Kier alpha value is -3.18. The zero-order chi connectivity index (χ0) is 18.6. The van der Waals surface area contributed by atoms with E-state index in [2.05, 4.69) is 15.3 Å². The zero-order valence-electron chi connectivity index (χ0n) is 14.4. The van der Waals surface area contributed by atoms with Crippen molar-refractivity contribution in [3.05, 3.63) is 77.9 Å². The summed E-state index contributed by atoms with van der Waals surface area (Å²) in [5.41, 5.74) is 2.46. The minimum Gasteiger partial charge on any atom is -0.441 e. The van der Waals surface area contributed by atoms with Gasteiger partial charge in [0.25, 0.3) is 0 Å². The van der Waals surface area contributed by atoms with E-state index in [1.807, 2.05) is 42.5 Å². The molecule has 0 spiro atoms. The molecule has 6 heteroatoms. The molecule has 27 heavy (non-hydrogen) atoms. The van der Waals surface area contributed by atoms with E-state index >= 15 is 0 Å². The van der Waals surface area contributed by atoms with Crippen LogP contribution in [-0.2, 0) is 11.2 Å². The number of fused-ring (bicyclic) bond motifs is 1. The van der Waals surface area contributed by atoms with E-state index in [1.54, 1.807) is 24.5 Å². The first-order valence-corrected chi connectivity index (χ1v) is 8.90. The maximum absolute atomic E-state index is 12.2. The number of rotatable bonds is 5. The van der Waals surface area contributed by atoms with Crippen LogP contribution < -0.4 is 5.32 Å². The summed E-state index contributed by atoms with van der Waals surface area (Å²) in [5, 5.41) is 4.51. The number of nitrogens with zero attached hydrogens (tertiary/aromatic N) is 2. The van der Waals surface area contributed by atoms with Gasteiger partial charge in [-0.1, -0.05) is 29.8 Å². The van der Waals surface area contributed by atoms with Crippen molar-refractivity contribution in [1.29, 1.82) is 0 Å². The molecule has 0 aliphatic heterocycles. The first-order valence-electron chi connectivity index (χ1n) is 8.53. The van der Waals surface area contributed by atoms with Gasteiger partial charge < -0.3 is 9.73 Å². The van der Waals surface area contributed by atoms with E-state index < -0.39 is 0 Å². The summed E-state index contributed by atoms with van der Waals surface area (Å²) < 4.78 is 5.72. The van der Waals surface area contributed by atoms with E-state index in [4.69, 9.17) is 16.0 Å². The number of carbonyl (C=O) groups excluding carboxylic acids is 1. The summed E-state index contributed by atoms with van der Waals surface area (Å²) in [6, 6.07) is 17.0. The second kappa shape index (κ2) is 7.60. The number of para-hydroxylation sites is 1. The molecule has 5 nitrogen and oxygen atoms in total. The summed E-state index contributed by atoms with van der Waals surface area (Å²) in [6.45, 7) is 0. The van der Waals surface area contributed by atoms with Gasteiger partial charge in [-0.05, 0) is 36.4 Å². The summed E-state index contributed by atoms with van der Waals surface area (Å²) in [5.74, 6) is 1.06. The number of halogens is 1. The predicted octanol–water partition coefficient (Wildman–Crippen LogP) is 5.11. The van der Waals surface area contributed by atoms with Crippen LogP contribution in [0.1, 0.15) is 12.3 Å². The van der Waals surface area contributed by atoms with Crippen LogP contribution in [0, 0.1) is 0 Å². The molecular formula is C21H16ClN3O2. The van der Waals surface area contributed by atoms with Crippen molar-refractivity contribution in [1.82, 2.24) is 9.97 Å². The summed E-state index contributed by atoms with van der Waals surface area (Å²) in [4.78, 5) is 20.8. The van der Waals surface area contributed by atoms with Crippen LogP contribution in [0.5, 0.6) is 0 Å². The highest BCUT2D eigenvalue weighted by atomic mass is 35.5. The SMILES string of the molecule is O=C(CCc1ncc(-c2ccc(Cl)cc2)o1)Nc1cnc2ccccc2c1. The summed E-state index contributed by atoms with van der Waals surface area (Å²) in [7, 11) is 0. The average Bonchev–Trinajstić information content (AvgIpc) is 3.16. The van der Waals surface area contributed by atoms with E-state index in [-0.39, 0.29) is 12.3 Å². The van der Waals surface area contributed by atoms with Gasteiger partial charge in [0.1, 0.15) is 0 Å². The van der Waals surface area contributed by atoms with Gasteiger partial charge in [-0.25, -0.2) is 4.98 Å². The molecule has 4 aromatic rings. The Morgan fingerprint density at radius 1 is 1.04 bits per heavy atom. The van der Waals surface area contributed by atoms with E-state index in [1.165, 1.54) is 0 Å². The van der Waals surface area contributed by atoms with Crippen molar-refractivity contribution < 1.29 is 9.21 Å². The second-order valence-electron chi connectivity index (χ2n) is 6.09. The molecule has 0 aliphatic carbocycles. The van der Waals surface area contributed by atoms with Gasteiger partial charge in [0.2, 0.25) is 5.91 Å². The molecule has 0 saturated carbocycles. The van der Waals surface area contributed by atoms with Crippen LogP contribution in [0.4, 0.5) is 5.69 Å². The lowest BCUT2D eigenvalue weighted by Gasteiger charge is -2.05. The van der Waals surface area contributed by atoms with Crippen LogP contribution in [0.3, 0.4) is 0 Å². The number of nitrogens with one attached hydrogen (secondary N) is 1. The van der Waals surface area contributed by atoms with Gasteiger partial charge in [-0.2, -0.15) is 0 Å². The Labute approximate surface area is 161 Å². The normalized spacial score (nSPS) is 10.9. The van der Waals surface area contributed by atoms with Crippen molar-refractivity contribution >= 4 is 34.1 Å². The first kappa shape index (κ1) is 17.2.